The molecule has 0 aromatic heterocycles. The molecule has 0 aliphatic carbocycles. The summed E-state index contributed by atoms with van der Waals surface area (Å²) < 4.78 is 25.8. The molecule has 0 atom stereocenters. The van der Waals surface area contributed by atoms with Gasteiger partial charge < -0.3 is 18.9 Å². The maximum atomic E-state index is 6.46. The van der Waals surface area contributed by atoms with Crippen LogP contribution in [-0.4, -0.2) is 49.8 Å². The molecule has 0 unspecified atom stereocenters. The fraction of sp³-hybridized carbons (Fsp3) is 0.0952. The lowest BCUT2D eigenvalue weighted by atomic mass is 9.86. The molecule has 0 fully saturated rings. The molecular weight excluding hydrogens is 1130 g/mol. The zero-order valence-corrected chi connectivity index (χ0v) is 50.9. The van der Waals surface area contributed by atoms with Crippen molar-refractivity contribution in [2.24, 2.45) is 20.0 Å². The molecule has 4 aliphatic heterocycles. The highest BCUT2D eigenvalue weighted by atomic mass is 16.5. The first kappa shape index (κ1) is 59.5. The van der Waals surface area contributed by atoms with E-state index in [0.717, 1.165) is 66.8 Å². The van der Waals surface area contributed by atoms with Crippen molar-refractivity contribution >= 4 is 23.6 Å². The summed E-state index contributed by atoms with van der Waals surface area (Å²) in [6.07, 6.45) is 0. The van der Waals surface area contributed by atoms with Gasteiger partial charge in [0.05, 0.1) is 26.2 Å². The first-order chi connectivity index (χ1) is 45.5. The zero-order valence-electron chi connectivity index (χ0n) is 50.9. The van der Waals surface area contributed by atoms with E-state index in [1.54, 1.807) is 0 Å². The van der Waals surface area contributed by atoms with Gasteiger partial charge in [-0.1, -0.05) is 315 Å². The topological polar surface area (TPSA) is 86.4 Å². The Hall–Kier alpha value is -11.5. The van der Waals surface area contributed by atoms with E-state index in [-0.39, 0.29) is 0 Å². The molecule has 12 aromatic rings. The second kappa shape index (κ2) is 27.9. The smallest absolute Gasteiger partial charge is 0.217 e. The van der Waals surface area contributed by atoms with Gasteiger partial charge in [-0.05, 0) is 48.5 Å². The summed E-state index contributed by atoms with van der Waals surface area (Å²) in [5, 5.41) is 0. The van der Waals surface area contributed by atoms with Crippen molar-refractivity contribution in [2.45, 2.75) is 22.4 Å². The molecule has 0 bridgehead atoms. The van der Waals surface area contributed by atoms with Crippen LogP contribution in [0.1, 0.15) is 66.8 Å². The summed E-state index contributed by atoms with van der Waals surface area (Å²) in [6.45, 7) is 2.35. The minimum absolute atomic E-state index is 0.548. The van der Waals surface area contributed by atoms with E-state index in [9.17, 15) is 0 Å². The van der Waals surface area contributed by atoms with Crippen LogP contribution in [0.5, 0.6) is 0 Å². The second-order valence-electron chi connectivity index (χ2n) is 22.6. The third-order valence-electron chi connectivity index (χ3n) is 16.9. The predicted molar refractivity (Wildman–Crippen MR) is 370 cm³/mol. The minimum atomic E-state index is -0.548. The normalized spacial score (nSPS) is 15.7. The number of hydrogen-bond acceptors (Lipinski definition) is 8. The first-order valence-corrected chi connectivity index (χ1v) is 31.1. The van der Waals surface area contributed by atoms with Gasteiger partial charge >= 0.3 is 0 Å². The molecule has 0 saturated carbocycles. The molecule has 0 spiro atoms. The first-order valence-electron chi connectivity index (χ1n) is 31.1. The Labute approximate surface area is 538 Å². The molecule has 0 amide bonds. The van der Waals surface area contributed by atoms with Gasteiger partial charge in [-0.15, -0.1) is 0 Å². The Morgan fingerprint density at radius 2 is 0.283 bits per heavy atom. The molecule has 448 valence electrons. The van der Waals surface area contributed by atoms with Gasteiger partial charge in [0, 0.05) is 66.8 Å². The Morgan fingerprint density at radius 1 is 0.163 bits per heavy atom. The van der Waals surface area contributed by atoms with E-state index in [0.29, 0.717) is 49.8 Å². The van der Waals surface area contributed by atoms with Crippen LogP contribution in [0.2, 0.25) is 0 Å². The van der Waals surface area contributed by atoms with Crippen LogP contribution in [0, 0.1) is 0 Å². The van der Waals surface area contributed by atoms with Gasteiger partial charge in [0.15, 0.2) is 22.4 Å². The van der Waals surface area contributed by atoms with Crippen molar-refractivity contribution in [1.82, 2.24) is 0 Å². The van der Waals surface area contributed by atoms with Gasteiger partial charge in [0.25, 0.3) is 0 Å². The lowest BCUT2D eigenvalue weighted by Gasteiger charge is -2.29. The predicted octanol–water partition coefficient (Wildman–Crippen LogP) is 17.6. The second-order valence-corrected chi connectivity index (χ2v) is 22.6. The van der Waals surface area contributed by atoms with Crippen molar-refractivity contribution in [3.05, 3.63) is 431 Å². The van der Waals surface area contributed by atoms with Crippen molar-refractivity contribution in [2.75, 3.05) is 26.2 Å². The molecule has 0 radical (unpaired) electrons. The largest absolute Gasteiger partial charge is 0.459 e. The van der Waals surface area contributed by atoms with E-state index in [1.165, 1.54) is 0 Å². The summed E-state index contributed by atoms with van der Waals surface area (Å²) in [7, 11) is 0. The number of benzene rings is 12. The quantitative estimate of drug-likeness (QED) is 0.122. The summed E-state index contributed by atoms with van der Waals surface area (Å²) in [5.74, 6) is 2.83. The minimum Gasteiger partial charge on any atom is -0.459 e. The Balaban J connectivity index is 0.000000112. The molecule has 0 N–H and O–H groups in total. The lowest BCUT2D eigenvalue weighted by Crippen LogP contribution is -2.32. The van der Waals surface area contributed by atoms with Gasteiger partial charge in [0.1, 0.15) is 0 Å². The zero-order chi connectivity index (χ0) is 62.1. The Kier molecular flexibility index (Phi) is 18.0. The van der Waals surface area contributed by atoms with Crippen LogP contribution in [0.4, 0.5) is 0 Å². The SMILES string of the molecule is c1ccc(C2=NCC(c3ccccc3)(c3ccccc3)O2)cc1.c1ccc(C2=NCC(c3ccccc3)(c3ccccc3)O2)cc1.c1ccc(C2=NCC(c3ccccc3)(c3ccccc3)O2)cc1.c1ccc(C2=NCC(c3ccccc3)(c3ccccc3)O2)cc1. The fourth-order valence-electron chi connectivity index (χ4n) is 12.1. The van der Waals surface area contributed by atoms with Crippen molar-refractivity contribution in [1.29, 1.82) is 0 Å². The molecular formula is C84H68N4O4. The lowest BCUT2D eigenvalue weighted by molar-refractivity contribution is 0.132. The van der Waals surface area contributed by atoms with Crippen LogP contribution < -0.4 is 0 Å². The van der Waals surface area contributed by atoms with Gasteiger partial charge in [-0.25, -0.2) is 20.0 Å². The van der Waals surface area contributed by atoms with E-state index < -0.39 is 22.4 Å². The van der Waals surface area contributed by atoms with Crippen molar-refractivity contribution < 1.29 is 18.9 Å². The highest BCUT2D eigenvalue weighted by Gasteiger charge is 2.45. The molecule has 4 heterocycles. The Morgan fingerprint density at radius 3 is 0.413 bits per heavy atom. The third kappa shape index (κ3) is 12.7. The third-order valence-corrected chi connectivity index (χ3v) is 16.9. The average molecular weight is 1200 g/mol. The number of ether oxygens (including phenoxy) is 4. The summed E-state index contributed by atoms with van der Waals surface area (Å²) in [6, 6.07) is 123. The molecule has 0 saturated heterocycles. The molecule has 8 nitrogen and oxygen atoms in total. The van der Waals surface area contributed by atoms with Gasteiger partial charge in [-0.3, -0.25) is 0 Å². The monoisotopic (exact) mass is 1200 g/mol. The molecule has 4 aliphatic rings. The van der Waals surface area contributed by atoms with Crippen LogP contribution >= 0.6 is 0 Å². The highest BCUT2D eigenvalue weighted by molar-refractivity contribution is 5.98. The van der Waals surface area contributed by atoms with E-state index >= 15 is 0 Å². The molecule has 16 rings (SSSR count). The number of nitrogens with zero attached hydrogens (tertiary/aromatic N) is 4. The molecule has 12 aromatic carbocycles. The van der Waals surface area contributed by atoms with Crippen LogP contribution in [0.3, 0.4) is 0 Å². The van der Waals surface area contributed by atoms with Crippen molar-refractivity contribution in [3.8, 4) is 0 Å². The maximum absolute atomic E-state index is 6.46. The Bertz CT molecular complexity index is 3660. The number of aliphatic imine (C=N–C) groups is 4. The summed E-state index contributed by atoms with van der Waals surface area (Å²) >= 11 is 0. The number of hydrogen-bond donors (Lipinski definition) is 0. The van der Waals surface area contributed by atoms with E-state index in [2.05, 4.69) is 97.1 Å². The molecule has 8 heteroatoms. The maximum Gasteiger partial charge on any atom is 0.217 e. The summed E-state index contributed by atoms with van der Waals surface area (Å²) in [5.41, 5.74) is 10.9. The van der Waals surface area contributed by atoms with Crippen LogP contribution in [0.15, 0.2) is 384 Å². The number of rotatable bonds is 12. The fourth-order valence-corrected chi connectivity index (χ4v) is 12.1. The van der Waals surface area contributed by atoms with E-state index in [4.69, 9.17) is 38.9 Å². The van der Waals surface area contributed by atoms with E-state index in [1.807, 2.05) is 267 Å². The van der Waals surface area contributed by atoms with Gasteiger partial charge in [0.2, 0.25) is 23.6 Å². The van der Waals surface area contributed by atoms with Gasteiger partial charge in [-0.2, -0.15) is 0 Å². The summed E-state index contributed by atoms with van der Waals surface area (Å²) in [4.78, 5) is 18.8. The average Bonchev–Trinajstić information content (AvgIpc) is 1.61. The standard InChI is InChI=1S/4C21H17NO/c4*1-4-10-17(11-5-1)20-22-16-21(23-20,18-12-6-2-7-13-18)19-14-8-3-9-15-19/h4*1-15H,16H2. The van der Waals surface area contributed by atoms with Crippen LogP contribution in [0.25, 0.3) is 0 Å². The highest BCUT2D eigenvalue weighted by Crippen LogP contribution is 2.43. The molecule has 92 heavy (non-hydrogen) atoms. The van der Waals surface area contributed by atoms with Crippen LogP contribution in [-0.2, 0) is 41.4 Å². The van der Waals surface area contributed by atoms with Crippen molar-refractivity contribution in [3.63, 3.8) is 0 Å².